The third-order valence-corrected chi connectivity index (χ3v) is 2.45. The van der Waals surface area contributed by atoms with Crippen molar-refractivity contribution in [3.63, 3.8) is 0 Å². The molecule has 0 aromatic heterocycles. The highest BCUT2D eigenvalue weighted by molar-refractivity contribution is 6.33. The Kier molecular flexibility index (Phi) is 6.46. The predicted octanol–water partition coefficient (Wildman–Crippen LogP) is 3.03. The Balaban J connectivity index is 2.31. The van der Waals surface area contributed by atoms with Gasteiger partial charge in [0.05, 0.1) is 10.7 Å². The Morgan fingerprint density at radius 1 is 1.50 bits per heavy atom. The molecule has 2 N–H and O–H groups in total. The third-order valence-electron chi connectivity index (χ3n) is 2.13. The monoisotopic (exact) mass is 274 g/mol. The van der Waals surface area contributed by atoms with Crippen LogP contribution in [-0.4, -0.2) is 25.8 Å². The summed E-state index contributed by atoms with van der Waals surface area (Å²) in [4.78, 5) is 11.5. The smallest absolute Gasteiger partial charge is 0.319 e. The van der Waals surface area contributed by atoms with E-state index in [9.17, 15) is 9.18 Å². The van der Waals surface area contributed by atoms with Gasteiger partial charge in [-0.25, -0.2) is 9.18 Å². The van der Waals surface area contributed by atoms with Crippen LogP contribution in [0.1, 0.15) is 13.3 Å². The van der Waals surface area contributed by atoms with Crippen molar-refractivity contribution in [3.8, 4) is 0 Å². The predicted molar refractivity (Wildman–Crippen MR) is 69.5 cm³/mol. The van der Waals surface area contributed by atoms with Gasteiger partial charge >= 0.3 is 6.03 Å². The lowest BCUT2D eigenvalue weighted by molar-refractivity contribution is 0.145. The molecule has 1 aromatic rings. The largest absolute Gasteiger partial charge is 0.382 e. The van der Waals surface area contributed by atoms with E-state index in [2.05, 4.69) is 10.6 Å². The molecule has 2 amide bonds. The highest BCUT2D eigenvalue weighted by Crippen LogP contribution is 2.21. The summed E-state index contributed by atoms with van der Waals surface area (Å²) in [6.45, 7) is 3.69. The minimum atomic E-state index is -0.442. The molecule has 4 nitrogen and oxygen atoms in total. The number of benzene rings is 1. The van der Waals surface area contributed by atoms with Crippen molar-refractivity contribution in [2.75, 3.05) is 25.1 Å². The molecular weight excluding hydrogens is 259 g/mol. The van der Waals surface area contributed by atoms with Crippen molar-refractivity contribution in [1.29, 1.82) is 0 Å². The molecule has 0 heterocycles. The van der Waals surface area contributed by atoms with Gasteiger partial charge < -0.3 is 15.4 Å². The van der Waals surface area contributed by atoms with E-state index in [1.807, 2.05) is 6.92 Å². The number of rotatable bonds is 6. The maximum Gasteiger partial charge on any atom is 0.319 e. The van der Waals surface area contributed by atoms with Gasteiger partial charge in [0.1, 0.15) is 5.82 Å². The van der Waals surface area contributed by atoms with Gasteiger partial charge in [-0.05, 0) is 31.5 Å². The molecule has 0 aliphatic rings. The van der Waals surface area contributed by atoms with E-state index >= 15 is 0 Å². The molecular formula is C12H16ClFN2O2. The average molecular weight is 275 g/mol. The fraction of sp³-hybridized carbons (Fsp3) is 0.417. The number of hydrogen-bond acceptors (Lipinski definition) is 2. The summed E-state index contributed by atoms with van der Waals surface area (Å²) in [5.74, 6) is -0.442. The zero-order valence-corrected chi connectivity index (χ0v) is 10.9. The lowest BCUT2D eigenvalue weighted by Gasteiger charge is -2.09. The number of carbonyl (C=O) groups excluding carboxylic acids is 1. The first-order valence-corrected chi connectivity index (χ1v) is 6.09. The van der Waals surface area contributed by atoms with Gasteiger partial charge in [0, 0.05) is 19.8 Å². The molecule has 0 saturated carbocycles. The standard InChI is InChI=1S/C12H16ClFN2O2/c1-2-18-7-3-6-15-12(17)16-11-5-4-9(14)8-10(11)13/h4-5,8H,2-3,6-7H2,1H3,(H2,15,16,17). The summed E-state index contributed by atoms with van der Waals surface area (Å²) < 4.78 is 17.9. The minimum Gasteiger partial charge on any atom is -0.382 e. The van der Waals surface area contributed by atoms with E-state index in [1.54, 1.807) is 0 Å². The summed E-state index contributed by atoms with van der Waals surface area (Å²) in [5.41, 5.74) is 0.375. The van der Waals surface area contributed by atoms with Gasteiger partial charge in [0.25, 0.3) is 0 Å². The van der Waals surface area contributed by atoms with Crippen LogP contribution >= 0.6 is 11.6 Å². The number of nitrogens with one attached hydrogen (secondary N) is 2. The second-order valence-corrected chi connectivity index (χ2v) is 3.96. The van der Waals surface area contributed by atoms with Crippen molar-refractivity contribution in [2.45, 2.75) is 13.3 Å². The molecule has 0 bridgehead atoms. The Morgan fingerprint density at radius 3 is 2.94 bits per heavy atom. The van der Waals surface area contributed by atoms with E-state index in [1.165, 1.54) is 12.1 Å². The van der Waals surface area contributed by atoms with Crippen LogP contribution in [0.2, 0.25) is 5.02 Å². The van der Waals surface area contributed by atoms with E-state index in [0.717, 1.165) is 12.5 Å². The van der Waals surface area contributed by atoms with Crippen molar-refractivity contribution in [3.05, 3.63) is 29.0 Å². The van der Waals surface area contributed by atoms with Gasteiger partial charge in [0.15, 0.2) is 0 Å². The zero-order valence-electron chi connectivity index (χ0n) is 10.1. The van der Waals surface area contributed by atoms with E-state index in [-0.39, 0.29) is 11.1 Å². The molecule has 6 heteroatoms. The van der Waals surface area contributed by atoms with Crippen LogP contribution < -0.4 is 10.6 Å². The van der Waals surface area contributed by atoms with Crippen molar-refractivity contribution in [1.82, 2.24) is 5.32 Å². The molecule has 100 valence electrons. The summed E-state index contributed by atoms with van der Waals surface area (Å²) in [5, 5.41) is 5.35. The Bertz CT molecular complexity index is 402. The van der Waals surface area contributed by atoms with Crippen LogP contribution in [0.25, 0.3) is 0 Å². The molecule has 0 fully saturated rings. The molecule has 0 saturated heterocycles. The second-order valence-electron chi connectivity index (χ2n) is 3.56. The number of hydrogen-bond donors (Lipinski definition) is 2. The first-order valence-electron chi connectivity index (χ1n) is 5.71. The van der Waals surface area contributed by atoms with Gasteiger partial charge in [-0.2, -0.15) is 0 Å². The van der Waals surface area contributed by atoms with Crippen LogP contribution in [0.5, 0.6) is 0 Å². The first-order chi connectivity index (χ1) is 8.63. The summed E-state index contributed by atoms with van der Waals surface area (Å²) >= 11 is 5.77. The molecule has 1 aromatic carbocycles. The van der Waals surface area contributed by atoms with Gasteiger partial charge in [0.2, 0.25) is 0 Å². The molecule has 0 spiro atoms. The number of anilines is 1. The maximum absolute atomic E-state index is 12.8. The molecule has 0 atom stereocenters. The Hall–Kier alpha value is -1.33. The third kappa shape index (κ3) is 5.33. The van der Waals surface area contributed by atoms with Crippen LogP contribution in [-0.2, 0) is 4.74 Å². The number of amides is 2. The molecule has 18 heavy (non-hydrogen) atoms. The quantitative estimate of drug-likeness (QED) is 0.784. The SMILES string of the molecule is CCOCCCNC(=O)Nc1ccc(F)cc1Cl. The fourth-order valence-corrected chi connectivity index (χ4v) is 1.49. The minimum absolute atomic E-state index is 0.166. The Morgan fingerprint density at radius 2 is 2.28 bits per heavy atom. The first kappa shape index (κ1) is 14.7. The van der Waals surface area contributed by atoms with Crippen LogP contribution in [0.15, 0.2) is 18.2 Å². The summed E-state index contributed by atoms with van der Waals surface area (Å²) in [7, 11) is 0. The molecule has 0 aliphatic heterocycles. The van der Waals surface area contributed by atoms with Crippen LogP contribution in [0, 0.1) is 5.82 Å². The van der Waals surface area contributed by atoms with Gasteiger partial charge in [-0.1, -0.05) is 11.6 Å². The normalized spacial score (nSPS) is 10.2. The highest BCUT2D eigenvalue weighted by atomic mass is 35.5. The zero-order chi connectivity index (χ0) is 13.4. The van der Waals surface area contributed by atoms with Crippen molar-refractivity contribution >= 4 is 23.3 Å². The van der Waals surface area contributed by atoms with E-state index in [4.69, 9.17) is 16.3 Å². The van der Waals surface area contributed by atoms with E-state index in [0.29, 0.717) is 25.4 Å². The maximum atomic E-state index is 12.8. The lowest BCUT2D eigenvalue weighted by atomic mass is 10.3. The van der Waals surface area contributed by atoms with Crippen LogP contribution in [0.4, 0.5) is 14.9 Å². The molecule has 0 unspecified atom stereocenters. The highest BCUT2D eigenvalue weighted by Gasteiger charge is 2.05. The average Bonchev–Trinajstić information content (AvgIpc) is 2.32. The Labute approximate surface area is 110 Å². The number of carbonyl (C=O) groups is 1. The molecule has 0 radical (unpaired) electrons. The fourth-order valence-electron chi connectivity index (χ4n) is 1.28. The van der Waals surface area contributed by atoms with Gasteiger partial charge in [-0.3, -0.25) is 0 Å². The lowest BCUT2D eigenvalue weighted by Crippen LogP contribution is -2.30. The van der Waals surface area contributed by atoms with Crippen LogP contribution in [0.3, 0.4) is 0 Å². The van der Waals surface area contributed by atoms with E-state index < -0.39 is 5.82 Å². The second kappa shape index (κ2) is 7.89. The van der Waals surface area contributed by atoms with Crippen molar-refractivity contribution < 1.29 is 13.9 Å². The number of ether oxygens (including phenoxy) is 1. The summed E-state index contributed by atoms with van der Waals surface area (Å²) in [6, 6.07) is 3.42. The van der Waals surface area contributed by atoms with Gasteiger partial charge in [-0.15, -0.1) is 0 Å². The summed E-state index contributed by atoms with van der Waals surface area (Å²) in [6.07, 6.45) is 0.735. The number of halogens is 2. The number of urea groups is 1. The molecule has 1 rings (SSSR count). The molecule has 0 aliphatic carbocycles. The topological polar surface area (TPSA) is 50.4 Å². The van der Waals surface area contributed by atoms with Crippen molar-refractivity contribution in [2.24, 2.45) is 0 Å².